The van der Waals surface area contributed by atoms with Gasteiger partial charge < -0.3 is 10.2 Å². The first-order valence-electron chi connectivity index (χ1n) is 9.11. The first-order chi connectivity index (χ1) is 11.5. The highest BCUT2D eigenvalue weighted by Gasteiger charge is 2.24. The van der Waals surface area contributed by atoms with Crippen molar-refractivity contribution in [3.8, 4) is 0 Å². The highest BCUT2D eigenvalue weighted by atomic mass is 16.4. The van der Waals surface area contributed by atoms with E-state index < -0.39 is 11.9 Å². The molecule has 0 saturated carbocycles. The highest BCUT2D eigenvalue weighted by Crippen LogP contribution is 2.28. The van der Waals surface area contributed by atoms with E-state index in [9.17, 15) is 19.8 Å². The summed E-state index contributed by atoms with van der Waals surface area (Å²) in [4.78, 5) is 23.4. The summed E-state index contributed by atoms with van der Waals surface area (Å²) in [6, 6.07) is 1.59. The smallest absolute Gasteiger partial charge is 0.336 e. The minimum absolute atomic E-state index is 0.00361. The zero-order valence-electron chi connectivity index (χ0n) is 15.2. The Morgan fingerprint density at radius 2 is 1.50 bits per heavy atom. The number of hydrogen-bond acceptors (Lipinski definition) is 2. The van der Waals surface area contributed by atoms with Gasteiger partial charge >= 0.3 is 11.9 Å². The molecule has 0 heterocycles. The van der Waals surface area contributed by atoms with Crippen molar-refractivity contribution in [1.82, 2.24) is 0 Å². The molecule has 0 aromatic heterocycles. The zero-order valence-corrected chi connectivity index (χ0v) is 15.2. The minimum atomic E-state index is -1.15. The number of rotatable bonds is 11. The van der Waals surface area contributed by atoms with Crippen molar-refractivity contribution in [3.05, 3.63) is 33.9 Å². The van der Waals surface area contributed by atoms with E-state index in [0.717, 1.165) is 68.1 Å². The molecule has 1 rings (SSSR count). The van der Waals surface area contributed by atoms with Crippen LogP contribution in [0.15, 0.2) is 6.07 Å². The van der Waals surface area contributed by atoms with Gasteiger partial charge in [0.05, 0.1) is 11.1 Å². The number of unbranched alkanes of at least 4 members (excludes halogenated alkanes) is 4. The summed E-state index contributed by atoms with van der Waals surface area (Å²) in [6.45, 7) is 6.25. The molecule has 0 saturated heterocycles. The Bertz CT molecular complexity index is 575. The van der Waals surface area contributed by atoms with Crippen LogP contribution in [0.1, 0.15) is 96.7 Å². The molecular weight excluding hydrogens is 304 g/mol. The predicted molar refractivity (Wildman–Crippen MR) is 96.2 cm³/mol. The summed E-state index contributed by atoms with van der Waals surface area (Å²) in [7, 11) is 0. The molecule has 2 N–H and O–H groups in total. The Balaban J connectivity index is 3.41. The Kier molecular flexibility index (Phi) is 8.51. The van der Waals surface area contributed by atoms with E-state index in [2.05, 4.69) is 13.8 Å². The molecule has 0 atom stereocenters. The second kappa shape index (κ2) is 10.1. The fourth-order valence-corrected chi connectivity index (χ4v) is 3.29. The highest BCUT2D eigenvalue weighted by molar-refractivity contribution is 6.03. The lowest BCUT2D eigenvalue weighted by atomic mass is 9.85. The first-order valence-corrected chi connectivity index (χ1v) is 9.11. The average Bonchev–Trinajstić information content (AvgIpc) is 2.55. The maximum Gasteiger partial charge on any atom is 0.336 e. The standard InChI is InChI=1S/C20H30O4/c1-4-7-9-10-12-16-15(6-3)14(11-8-5-2)13-17(19(21)22)18(16)20(23)24/h13H,4-12H2,1-3H3,(H,21,22)(H,23,24). The SMILES string of the molecule is CCCCCCc1c(CC)c(CCCC)cc(C(=O)O)c1C(=O)O. The fourth-order valence-electron chi connectivity index (χ4n) is 3.29. The first kappa shape index (κ1) is 20.2. The second-order valence-electron chi connectivity index (χ2n) is 6.29. The number of carboxylic acids is 2. The molecule has 4 heteroatoms. The van der Waals surface area contributed by atoms with Crippen molar-refractivity contribution < 1.29 is 19.8 Å². The van der Waals surface area contributed by atoms with Crippen LogP contribution < -0.4 is 0 Å². The molecule has 1 aromatic rings. The molecule has 24 heavy (non-hydrogen) atoms. The number of aromatic carboxylic acids is 2. The van der Waals surface area contributed by atoms with Crippen molar-refractivity contribution in [2.75, 3.05) is 0 Å². The molecule has 4 nitrogen and oxygen atoms in total. The summed E-state index contributed by atoms with van der Waals surface area (Å²) in [5.41, 5.74) is 2.73. The molecular formula is C20H30O4. The van der Waals surface area contributed by atoms with E-state index in [1.807, 2.05) is 6.92 Å². The van der Waals surface area contributed by atoms with E-state index in [1.165, 1.54) is 0 Å². The van der Waals surface area contributed by atoms with Crippen LogP contribution in [0.3, 0.4) is 0 Å². The Hall–Kier alpha value is -1.84. The second-order valence-corrected chi connectivity index (χ2v) is 6.29. The van der Waals surface area contributed by atoms with Crippen LogP contribution in [0.5, 0.6) is 0 Å². The zero-order chi connectivity index (χ0) is 18.1. The fraction of sp³-hybridized carbons (Fsp3) is 0.600. The van der Waals surface area contributed by atoms with Crippen LogP contribution in [-0.2, 0) is 19.3 Å². The number of benzene rings is 1. The van der Waals surface area contributed by atoms with E-state index in [4.69, 9.17) is 0 Å². The van der Waals surface area contributed by atoms with Gasteiger partial charge in [-0.3, -0.25) is 0 Å². The lowest BCUT2D eigenvalue weighted by Gasteiger charge is -2.19. The van der Waals surface area contributed by atoms with E-state index >= 15 is 0 Å². The van der Waals surface area contributed by atoms with Crippen LogP contribution in [0, 0.1) is 0 Å². The molecule has 134 valence electrons. The molecule has 0 radical (unpaired) electrons. The van der Waals surface area contributed by atoms with E-state index in [1.54, 1.807) is 6.07 Å². The molecule has 0 amide bonds. The molecule has 0 aliphatic heterocycles. The molecule has 0 spiro atoms. The predicted octanol–water partition coefficient (Wildman–Crippen LogP) is 5.11. The van der Waals surface area contributed by atoms with Crippen molar-refractivity contribution in [1.29, 1.82) is 0 Å². The molecule has 0 aliphatic rings. The van der Waals surface area contributed by atoms with Crippen LogP contribution in [0.4, 0.5) is 0 Å². The van der Waals surface area contributed by atoms with Gasteiger partial charge in [-0.25, -0.2) is 9.59 Å². The van der Waals surface area contributed by atoms with Gasteiger partial charge in [0.1, 0.15) is 0 Å². The lowest BCUT2D eigenvalue weighted by Crippen LogP contribution is -2.16. The normalized spacial score (nSPS) is 10.8. The van der Waals surface area contributed by atoms with Crippen molar-refractivity contribution in [2.24, 2.45) is 0 Å². The van der Waals surface area contributed by atoms with Gasteiger partial charge in [0, 0.05) is 0 Å². The number of aryl methyl sites for hydroxylation is 1. The van der Waals surface area contributed by atoms with Crippen molar-refractivity contribution in [2.45, 2.75) is 78.6 Å². The van der Waals surface area contributed by atoms with Crippen LogP contribution >= 0.6 is 0 Å². The molecule has 0 fully saturated rings. The lowest BCUT2D eigenvalue weighted by molar-refractivity contribution is 0.0650. The van der Waals surface area contributed by atoms with Crippen LogP contribution in [-0.4, -0.2) is 22.2 Å². The largest absolute Gasteiger partial charge is 0.478 e. The molecule has 0 unspecified atom stereocenters. The Labute approximate surface area is 144 Å². The molecule has 0 aliphatic carbocycles. The minimum Gasteiger partial charge on any atom is -0.478 e. The topological polar surface area (TPSA) is 74.6 Å². The van der Waals surface area contributed by atoms with Gasteiger partial charge in [-0.2, -0.15) is 0 Å². The number of carboxylic acid groups (broad SMARTS) is 2. The molecule has 0 bridgehead atoms. The maximum atomic E-state index is 11.8. The third-order valence-corrected chi connectivity index (χ3v) is 4.52. The van der Waals surface area contributed by atoms with Gasteiger partial charge in [0.25, 0.3) is 0 Å². The summed E-state index contributed by atoms with van der Waals surface area (Å²) >= 11 is 0. The van der Waals surface area contributed by atoms with Gasteiger partial charge in [-0.15, -0.1) is 0 Å². The number of hydrogen-bond donors (Lipinski definition) is 2. The summed E-state index contributed by atoms with van der Waals surface area (Å²) in [5, 5.41) is 19.1. The monoisotopic (exact) mass is 334 g/mol. The van der Waals surface area contributed by atoms with Gasteiger partial charge in [0.15, 0.2) is 0 Å². The van der Waals surface area contributed by atoms with E-state index in [0.29, 0.717) is 6.42 Å². The number of carbonyl (C=O) groups is 2. The quantitative estimate of drug-likeness (QED) is 0.551. The maximum absolute atomic E-state index is 11.8. The summed E-state index contributed by atoms with van der Waals surface area (Å²) in [5.74, 6) is -2.28. The van der Waals surface area contributed by atoms with Crippen molar-refractivity contribution >= 4 is 11.9 Å². The van der Waals surface area contributed by atoms with Gasteiger partial charge in [0.2, 0.25) is 0 Å². The Morgan fingerprint density at radius 3 is 2.00 bits per heavy atom. The Morgan fingerprint density at radius 1 is 0.833 bits per heavy atom. The average molecular weight is 334 g/mol. The third kappa shape index (κ3) is 5.08. The van der Waals surface area contributed by atoms with Crippen molar-refractivity contribution in [3.63, 3.8) is 0 Å². The van der Waals surface area contributed by atoms with Gasteiger partial charge in [-0.05, 0) is 54.9 Å². The summed E-state index contributed by atoms with van der Waals surface area (Å²) in [6.07, 6.45) is 8.37. The molecule has 1 aromatic carbocycles. The summed E-state index contributed by atoms with van der Waals surface area (Å²) < 4.78 is 0. The van der Waals surface area contributed by atoms with Crippen LogP contribution in [0.25, 0.3) is 0 Å². The van der Waals surface area contributed by atoms with Gasteiger partial charge in [-0.1, -0.05) is 46.5 Å². The van der Waals surface area contributed by atoms with E-state index in [-0.39, 0.29) is 11.1 Å². The van der Waals surface area contributed by atoms with Crippen LogP contribution in [0.2, 0.25) is 0 Å². The third-order valence-electron chi connectivity index (χ3n) is 4.52.